The fourth-order valence-electron chi connectivity index (χ4n) is 0.625. The van der Waals surface area contributed by atoms with Crippen LogP contribution in [0.3, 0.4) is 0 Å². The van der Waals surface area contributed by atoms with Crippen LogP contribution in [0.4, 0.5) is 10.6 Å². The molecule has 5 heteroatoms. The number of carbonyl (C=O) groups is 1. The summed E-state index contributed by atoms with van der Waals surface area (Å²) in [5, 5.41) is 2.44. The van der Waals surface area contributed by atoms with E-state index in [1.165, 1.54) is 7.11 Å². The minimum absolute atomic E-state index is 0.448. The van der Waals surface area contributed by atoms with Gasteiger partial charge in [-0.15, -0.1) is 0 Å². The lowest BCUT2D eigenvalue weighted by atomic mass is 10.5. The zero-order chi connectivity index (χ0) is 8.97. The van der Waals surface area contributed by atoms with Crippen molar-refractivity contribution >= 4 is 27.8 Å². The van der Waals surface area contributed by atoms with Crippen LogP contribution in [0.2, 0.25) is 0 Å². The summed E-state index contributed by atoms with van der Waals surface area (Å²) in [5.74, 6) is 0.448. The third-order valence-electron chi connectivity index (χ3n) is 1.16. The number of aromatic nitrogens is 1. The first-order valence-electron chi connectivity index (χ1n) is 3.19. The summed E-state index contributed by atoms with van der Waals surface area (Å²) >= 11 is 3.22. The predicted octanol–water partition coefficient (Wildman–Crippen LogP) is 2.02. The van der Waals surface area contributed by atoms with E-state index in [-0.39, 0.29) is 0 Å². The number of nitrogens with zero attached hydrogens (tertiary/aromatic N) is 1. The molecule has 4 nitrogen and oxygen atoms in total. The first-order valence-corrected chi connectivity index (χ1v) is 3.99. The van der Waals surface area contributed by atoms with Crippen LogP contribution in [0.5, 0.6) is 0 Å². The van der Waals surface area contributed by atoms with Gasteiger partial charge in [-0.2, -0.15) is 0 Å². The summed E-state index contributed by atoms with van der Waals surface area (Å²) in [6, 6.07) is 3.53. The van der Waals surface area contributed by atoms with E-state index < -0.39 is 6.09 Å². The Hall–Kier alpha value is -1.10. The van der Waals surface area contributed by atoms with Crippen molar-refractivity contribution < 1.29 is 9.53 Å². The quantitative estimate of drug-likeness (QED) is 0.804. The molecule has 1 N–H and O–H groups in total. The van der Waals surface area contributed by atoms with Gasteiger partial charge in [-0.05, 0) is 28.1 Å². The molecule has 0 bridgehead atoms. The molecular weight excluding hydrogens is 224 g/mol. The molecule has 0 spiro atoms. The molecule has 64 valence electrons. The minimum atomic E-state index is -0.533. The molecular formula is C7H7BrN2O2. The van der Waals surface area contributed by atoms with Crippen LogP contribution in [0, 0.1) is 0 Å². The van der Waals surface area contributed by atoms with E-state index in [9.17, 15) is 4.79 Å². The molecule has 0 radical (unpaired) electrons. The number of ether oxygens (including phenoxy) is 1. The molecule has 0 saturated carbocycles. The number of anilines is 1. The van der Waals surface area contributed by atoms with E-state index in [1.807, 2.05) is 0 Å². The van der Waals surface area contributed by atoms with Crippen molar-refractivity contribution in [2.24, 2.45) is 0 Å². The number of halogens is 1. The van der Waals surface area contributed by atoms with Crippen molar-refractivity contribution in [2.45, 2.75) is 0 Å². The van der Waals surface area contributed by atoms with Gasteiger partial charge in [0.15, 0.2) is 0 Å². The average molecular weight is 231 g/mol. The number of pyridine rings is 1. The maximum atomic E-state index is 10.7. The smallest absolute Gasteiger partial charge is 0.412 e. The second-order valence-corrected chi connectivity index (χ2v) is 2.80. The lowest BCUT2D eigenvalue weighted by molar-refractivity contribution is 0.187. The third kappa shape index (κ3) is 2.20. The molecule has 1 rings (SSSR count). The summed E-state index contributed by atoms with van der Waals surface area (Å²) in [7, 11) is 1.30. The summed E-state index contributed by atoms with van der Waals surface area (Å²) in [6.45, 7) is 0. The molecule has 1 amide bonds. The van der Waals surface area contributed by atoms with Crippen LogP contribution in [0.15, 0.2) is 22.8 Å². The van der Waals surface area contributed by atoms with E-state index >= 15 is 0 Å². The molecule has 0 fully saturated rings. The van der Waals surface area contributed by atoms with Gasteiger partial charge in [0.1, 0.15) is 5.82 Å². The standard InChI is InChI=1S/C7H7BrN2O2/c1-12-7(11)10-6-5(8)3-2-4-9-6/h2-4H,1H3,(H,9,10,11). The van der Waals surface area contributed by atoms with Gasteiger partial charge < -0.3 is 4.74 Å². The molecule has 0 aliphatic carbocycles. The molecule has 1 aromatic heterocycles. The highest BCUT2D eigenvalue weighted by Gasteiger charge is 2.03. The lowest BCUT2D eigenvalue weighted by Crippen LogP contribution is -2.12. The monoisotopic (exact) mass is 230 g/mol. The molecule has 0 aliphatic rings. The van der Waals surface area contributed by atoms with Crippen molar-refractivity contribution in [3.05, 3.63) is 22.8 Å². The highest BCUT2D eigenvalue weighted by molar-refractivity contribution is 9.10. The molecule has 0 atom stereocenters. The van der Waals surface area contributed by atoms with Gasteiger partial charge >= 0.3 is 6.09 Å². The Morgan fingerprint density at radius 3 is 3.08 bits per heavy atom. The van der Waals surface area contributed by atoms with Gasteiger partial charge in [-0.3, -0.25) is 5.32 Å². The number of methoxy groups -OCH3 is 1. The second-order valence-electron chi connectivity index (χ2n) is 1.95. The van der Waals surface area contributed by atoms with Crippen molar-refractivity contribution in [3.63, 3.8) is 0 Å². The topological polar surface area (TPSA) is 51.2 Å². The Balaban J connectivity index is 2.75. The van der Waals surface area contributed by atoms with Crippen LogP contribution >= 0.6 is 15.9 Å². The Bertz CT molecular complexity index is 290. The van der Waals surface area contributed by atoms with Crippen LogP contribution in [-0.2, 0) is 4.74 Å². The second kappa shape index (κ2) is 4.06. The van der Waals surface area contributed by atoms with Crippen molar-refractivity contribution in [1.82, 2.24) is 4.98 Å². The molecule has 12 heavy (non-hydrogen) atoms. The van der Waals surface area contributed by atoms with Crippen LogP contribution in [-0.4, -0.2) is 18.2 Å². The summed E-state index contributed by atoms with van der Waals surface area (Å²) < 4.78 is 5.12. The van der Waals surface area contributed by atoms with E-state index in [0.29, 0.717) is 5.82 Å². The number of carbonyl (C=O) groups excluding carboxylic acids is 1. The van der Waals surface area contributed by atoms with Crippen molar-refractivity contribution in [2.75, 3.05) is 12.4 Å². The van der Waals surface area contributed by atoms with E-state index in [1.54, 1.807) is 18.3 Å². The Labute approximate surface area is 78.1 Å². The highest BCUT2D eigenvalue weighted by Crippen LogP contribution is 2.17. The number of hydrogen-bond donors (Lipinski definition) is 1. The largest absolute Gasteiger partial charge is 0.453 e. The fourth-order valence-corrected chi connectivity index (χ4v) is 0.979. The van der Waals surface area contributed by atoms with Crippen molar-refractivity contribution in [3.8, 4) is 0 Å². The number of amides is 1. The highest BCUT2D eigenvalue weighted by atomic mass is 79.9. The van der Waals surface area contributed by atoms with Gasteiger partial charge in [0.25, 0.3) is 0 Å². The SMILES string of the molecule is COC(=O)Nc1ncccc1Br. The molecule has 0 aliphatic heterocycles. The van der Waals surface area contributed by atoms with E-state index in [0.717, 1.165) is 4.47 Å². The van der Waals surface area contributed by atoms with Crippen molar-refractivity contribution in [1.29, 1.82) is 0 Å². The molecule has 0 unspecified atom stereocenters. The Morgan fingerprint density at radius 2 is 2.50 bits per heavy atom. The van der Waals surface area contributed by atoms with Gasteiger partial charge in [0, 0.05) is 6.20 Å². The zero-order valence-electron chi connectivity index (χ0n) is 6.37. The lowest BCUT2D eigenvalue weighted by Gasteiger charge is -2.03. The van der Waals surface area contributed by atoms with Crippen LogP contribution in [0.25, 0.3) is 0 Å². The molecule has 0 saturated heterocycles. The first kappa shape index (κ1) is 8.99. The summed E-state index contributed by atoms with van der Waals surface area (Å²) in [6.07, 6.45) is 1.05. The van der Waals surface area contributed by atoms with E-state index in [4.69, 9.17) is 0 Å². The van der Waals surface area contributed by atoms with Crippen LogP contribution in [0.1, 0.15) is 0 Å². The predicted molar refractivity (Wildman–Crippen MR) is 48.0 cm³/mol. The van der Waals surface area contributed by atoms with Gasteiger partial charge in [-0.25, -0.2) is 9.78 Å². The Kier molecular flexibility index (Phi) is 3.04. The van der Waals surface area contributed by atoms with Gasteiger partial charge in [0.05, 0.1) is 11.6 Å². The van der Waals surface area contributed by atoms with E-state index in [2.05, 4.69) is 31.0 Å². The molecule has 0 aromatic carbocycles. The molecule has 1 heterocycles. The number of nitrogens with one attached hydrogen (secondary N) is 1. The first-order chi connectivity index (χ1) is 5.74. The normalized spacial score (nSPS) is 9.17. The van der Waals surface area contributed by atoms with Gasteiger partial charge in [-0.1, -0.05) is 0 Å². The summed E-state index contributed by atoms with van der Waals surface area (Å²) in [4.78, 5) is 14.6. The summed E-state index contributed by atoms with van der Waals surface area (Å²) in [5.41, 5.74) is 0. The fraction of sp³-hybridized carbons (Fsp3) is 0.143. The zero-order valence-corrected chi connectivity index (χ0v) is 7.96. The Morgan fingerprint density at radius 1 is 1.75 bits per heavy atom. The van der Waals surface area contributed by atoms with Crippen LogP contribution < -0.4 is 5.32 Å². The molecule has 1 aromatic rings. The minimum Gasteiger partial charge on any atom is -0.453 e. The number of hydrogen-bond acceptors (Lipinski definition) is 3. The average Bonchev–Trinajstić information content (AvgIpc) is 2.09. The maximum absolute atomic E-state index is 10.7. The third-order valence-corrected chi connectivity index (χ3v) is 1.80. The maximum Gasteiger partial charge on any atom is 0.412 e. The van der Waals surface area contributed by atoms with Gasteiger partial charge in [0.2, 0.25) is 0 Å². The number of rotatable bonds is 1.